The number of hydrogen-bond donors (Lipinski definition) is 0. The van der Waals surface area contributed by atoms with E-state index in [1.54, 1.807) is 12.1 Å². The van der Waals surface area contributed by atoms with Crippen LogP contribution < -0.4 is 4.90 Å². The van der Waals surface area contributed by atoms with Gasteiger partial charge in [-0.2, -0.15) is 0 Å². The van der Waals surface area contributed by atoms with Crippen molar-refractivity contribution < 1.29 is 13.2 Å². The van der Waals surface area contributed by atoms with E-state index in [1.807, 2.05) is 30.3 Å². The fourth-order valence-electron chi connectivity index (χ4n) is 6.40. The van der Waals surface area contributed by atoms with Crippen LogP contribution in [0.1, 0.15) is 0 Å². The Labute approximate surface area is 239 Å². The molecule has 42 heavy (non-hydrogen) atoms. The molecular weight excluding hydrogens is 521 g/mol. The molecule has 0 fully saturated rings. The first kappa shape index (κ1) is 23.1. The van der Waals surface area contributed by atoms with Gasteiger partial charge in [0.1, 0.15) is 22.6 Å². The van der Waals surface area contributed by atoms with Crippen LogP contribution in [-0.2, 0) is 0 Å². The van der Waals surface area contributed by atoms with Crippen molar-refractivity contribution in [1.82, 2.24) is 0 Å². The van der Waals surface area contributed by atoms with Crippen LogP contribution in [0.15, 0.2) is 142 Å². The number of anilines is 3. The number of nitrogens with zero attached hydrogens (tertiary/aromatic N) is 1. The zero-order valence-corrected chi connectivity index (χ0v) is 22.3. The maximum atomic E-state index is 14.2. The van der Waals surface area contributed by atoms with E-state index in [1.165, 1.54) is 17.5 Å². The summed E-state index contributed by atoms with van der Waals surface area (Å²) in [6.45, 7) is 0. The molecule has 0 unspecified atom stereocenters. The second-order valence-corrected chi connectivity index (χ2v) is 10.7. The Morgan fingerprint density at radius 3 is 1.98 bits per heavy atom. The molecule has 0 amide bonds. The van der Waals surface area contributed by atoms with Crippen molar-refractivity contribution in [3.05, 3.63) is 139 Å². The van der Waals surface area contributed by atoms with Crippen molar-refractivity contribution in [1.29, 1.82) is 0 Å². The predicted molar refractivity (Wildman–Crippen MR) is 171 cm³/mol. The van der Waals surface area contributed by atoms with Crippen LogP contribution in [0.3, 0.4) is 0 Å². The Morgan fingerprint density at radius 1 is 0.452 bits per heavy atom. The predicted octanol–water partition coefficient (Wildman–Crippen LogP) is 11.4. The molecule has 0 saturated carbocycles. The zero-order chi connectivity index (χ0) is 27.8. The van der Waals surface area contributed by atoms with Gasteiger partial charge in [0.15, 0.2) is 5.58 Å². The largest absolute Gasteiger partial charge is 0.456 e. The van der Waals surface area contributed by atoms with Gasteiger partial charge in [-0.3, -0.25) is 0 Å². The van der Waals surface area contributed by atoms with E-state index in [9.17, 15) is 4.39 Å². The first-order valence-electron chi connectivity index (χ1n) is 14.0. The van der Waals surface area contributed by atoms with Gasteiger partial charge in [0.2, 0.25) is 0 Å². The molecule has 0 aliphatic rings. The van der Waals surface area contributed by atoms with Crippen molar-refractivity contribution in [2.24, 2.45) is 0 Å². The highest BCUT2D eigenvalue weighted by Gasteiger charge is 2.23. The number of hydrogen-bond acceptors (Lipinski definition) is 3. The van der Waals surface area contributed by atoms with Crippen LogP contribution in [-0.4, -0.2) is 0 Å². The summed E-state index contributed by atoms with van der Waals surface area (Å²) in [6.07, 6.45) is 0. The van der Waals surface area contributed by atoms with E-state index in [4.69, 9.17) is 8.83 Å². The molecule has 0 aliphatic heterocycles. The normalized spacial score (nSPS) is 11.9. The molecular formula is C38H22FNO2. The van der Waals surface area contributed by atoms with Crippen LogP contribution in [0.25, 0.3) is 65.4 Å². The highest BCUT2D eigenvalue weighted by molar-refractivity contribution is 6.24. The third-order valence-electron chi connectivity index (χ3n) is 8.27. The Kier molecular flexibility index (Phi) is 4.79. The lowest BCUT2D eigenvalue weighted by molar-refractivity contribution is 0.628. The molecule has 2 aromatic heterocycles. The standard InChI is InChI=1S/C38H22FNO2/c39-25-16-18-26(19-17-25)40(32-14-7-13-30-28-11-5-6-15-34(28)42-38(30)32)33-22-36-37(29-12-4-3-10-27(29)33)31-20-23-8-1-2-9-24(23)21-35(31)41-36/h1-22H. The lowest BCUT2D eigenvalue weighted by atomic mass is 9.99. The average molecular weight is 544 g/mol. The number of halogens is 1. The van der Waals surface area contributed by atoms with Gasteiger partial charge in [0.25, 0.3) is 0 Å². The molecule has 0 bridgehead atoms. The SMILES string of the molecule is Fc1ccc(N(c2cc3oc4cc5ccccc5cc4c3c3ccccc23)c2cccc3c2oc2ccccc23)cc1. The Bertz CT molecular complexity index is 2490. The smallest absolute Gasteiger partial charge is 0.159 e. The van der Waals surface area contributed by atoms with Crippen LogP contribution in [0.5, 0.6) is 0 Å². The second kappa shape index (κ2) is 8.69. The number of para-hydroxylation sites is 2. The van der Waals surface area contributed by atoms with E-state index in [-0.39, 0.29) is 5.82 Å². The molecule has 3 nitrogen and oxygen atoms in total. The average Bonchev–Trinajstić information content (AvgIpc) is 3.59. The monoisotopic (exact) mass is 543 g/mol. The highest BCUT2D eigenvalue weighted by atomic mass is 19.1. The van der Waals surface area contributed by atoms with Crippen LogP contribution in [0.4, 0.5) is 21.5 Å². The van der Waals surface area contributed by atoms with Gasteiger partial charge in [-0.25, -0.2) is 4.39 Å². The summed E-state index contributed by atoms with van der Waals surface area (Å²) in [4.78, 5) is 2.15. The molecule has 0 saturated heterocycles. The summed E-state index contributed by atoms with van der Waals surface area (Å²) in [6, 6.07) is 44.0. The van der Waals surface area contributed by atoms with Gasteiger partial charge in [0.05, 0.1) is 11.4 Å². The molecule has 9 rings (SSSR count). The van der Waals surface area contributed by atoms with Gasteiger partial charge < -0.3 is 13.7 Å². The van der Waals surface area contributed by atoms with Gasteiger partial charge in [-0.1, -0.05) is 78.9 Å². The van der Waals surface area contributed by atoms with E-state index in [2.05, 4.69) is 83.8 Å². The zero-order valence-electron chi connectivity index (χ0n) is 22.3. The molecule has 0 spiro atoms. The summed E-state index contributed by atoms with van der Waals surface area (Å²) in [5.41, 5.74) is 5.82. The molecule has 7 aromatic carbocycles. The van der Waals surface area contributed by atoms with E-state index >= 15 is 0 Å². The quantitative estimate of drug-likeness (QED) is 0.222. The van der Waals surface area contributed by atoms with Gasteiger partial charge in [-0.05, 0) is 64.7 Å². The topological polar surface area (TPSA) is 29.5 Å². The fraction of sp³-hybridized carbons (Fsp3) is 0. The molecule has 0 N–H and O–H groups in total. The summed E-state index contributed by atoms with van der Waals surface area (Å²) >= 11 is 0. The summed E-state index contributed by atoms with van der Waals surface area (Å²) in [5.74, 6) is -0.287. The molecule has 0 radical (unpaired) electrons. The first-order valence-corrected chi connectivity index (χ1v) is 14.0. The van der Waals surface area contributed by atoms with Gasteiger partial charge >= 0.3 is 0 Å². The molecule has 2 heterocycles. The second-order valence-electron chi connectivity index (χ2n) is 10.7. The van der Waals surface area contributed by atoms with Gasteiger partial charge in [0, 0.05) is 38.7 Å². The third kappa shape index (κ3) is 3.32. The van der Waals surface area contributed by atoms with E-state index in [0.29, 0.717) is 0 Å². The fourth-order valence-corrected chi connectivity index (χ4v) is 6.40. The summed E-state index contributed by atoms with van der Waals surface area (Å²) < 4.78 is 27.3. The van der Waals surface area contributed by atoms with E-state index < -0.39 is 0 Å². The van der Waals surface area contributed by atoms with Crippen molar-refractivity contribution in [3.8, 4) is 0 Å². The molecule has 9 aromatic rings. The van der Waals surface area contributed by atoms with Crippen molar-refractivity contribution in [2.75, 3.05) is 4.90 Å². The lowest BCUT2D eigenvalue weighted by Crippen LogP contribution is -2.11. The van der Waals surface area contributed by atoms with Gasteiger partial charge in [-0.15, -0.1) is 0 Å². The molecule has 198 valence electrons. The molecule has 4 heteroatoms. The maximum Gasteiger partial charge on any atom is 0.159 e. The maximum absolute atomic E-state index is 14.2. The number of fused-ring (bicyclic) bond motifs is 9. The van der Waals surface area contributed by atoms with Crippen molar-refractivity contribution >= 4 is 82.5 Å². The van der Waals surface area contributed by atoms with E-state index in [0.717, 1.165) is 77.1 Å². The number of benzene rings is 7. The molecule has 0 atom stereocenters. The van der Waals surface area contributed by atoms with Crippen molar-refractivity contribution in [2.45, 2.75) is 0 Å². The molecule has 0 aliphatic carbocycles. The van der Waals surface area contributed by atoms with Crippen LogP contribution in [0.2, 0.25) is 0 Å². The summed E-state index contributed by atoms with van der Waals surface area (Å²) in [7, 11) is 0. The minimum Gasteiger partial charge on any atom is -0.456 e. The number of furan rings is 2. The van der Waals surface area contributed by atoms with Crippen LogP contribution >= 0.6 is 0 Å². The third-order valence-corrected chi connectivity index (χ3v) is 8.27. The Balaban J connectivity index is 1.40. The minimum atomic E-state index is -0.287. The lowest BCUT2D eigenvalue weighted by Gasteiger charge is -2.27. The minimum absolute atomic E-state index is 0.287. The highest BCUT2D eigenvalue weighted by Crippen LogP contribution is 2.47. The number of rotatable bonds is 3. The first-order chi connectivity index (χ1) is 20.7. The van der Waals surface area contributed by atoms with Crippen LogP contribution in [0, 0.1) is 5.82 Å². The Hall–Kier alpha value is -5.61. The summed E-state index contributed by atoms with van der Waals surface area (Å²) in [5, 5.41) is 8.69. The Morgan fingerprint density at radius 2 is 1.14 bits per heavy atom. The van der Waals surface area contributed by atoms with Crippen molar-refractivity contribution in [3.63, 3.8) is 0 Å².